The molecule has 0 spiro atoms. The number of aromatic nitrogens is 5. The molecule has 1 fully saturated rings. The Bertz CT molecular complexity index is 1830. The van der Waals surface area contributed by atoms with E-state index in [1.807, 2.05) is 0 Å². The van der Waals surface area contributed by atoms with E-state index in [0.717, 1.165) is 10.9 Å². The largest absolute Gasteiger partial charge is 0.435 e. The Morgan fingerprint density at radius 2 is 2.11 bits per heavy atom. The molecule has 4 heterocycles. The highest BCUT2D eigenvalue weighted by molar-refractivity contribution is 6.36. The van der Waals surface area contributed by atoms with Crippen LogP contribution in [0.5, 0.6) is 5.75 Å². The number of anilines is 2. The normalized spacial score (nSPS) is 15.5. The smallest absolute Gasteiger partial charge is 0.425 e. The van der Waals surface area contributed by atoms with Crippen molar-refractivity contribution in [2.24, 2.45) is 5.73 Å². The predicted molar refractivity (Wildman–Crippen MR) is 152 cm³/mol. The van der Waals surface area contributed by atoms with Crippen LogP contribution in [0, 0.1) is 11.3 Å². The van der Waals surface area contributed by atoms with Gasteiger partial charge in [0.15, 0.2) is 22.9 Å². The van der Waals surface area contributed by atoms with Gasteiger partial charge >= 0.3 is 6.18 Å². The average molecular weight is 645 g/mol. The van der Waals surface area contributed by atoms with Gasteiger partial charge in [-0.25, -0.2) is 9.97 Å². The molecule has 2 amide bonds. The minimum Gasteiger partial charge on any atom is -0.425 e. The number of halogens is 4. The third-order valence-electron chi connectivity index (χ3n) is 6.98. The summed E-state index contributed by atoms with van der Waals surface area (Å²) in [6, 6.07) is 3.42. The molecule has 0 radical (unpaired) electrons. The van der Waals surface area contributed by atoms with Crippen molar-refractivity contribution in [3.63, 3.8) is 0 Å². The topological polar surface area (TPSA) is 186 Å². The first-order valence-corrected chi connectivity index (χ1v) is 13.7. The summed E-state index contributed by atoms with van der Waals surface area (Å²) < 4.78 is 48.6. The molecule has 1 aliphatic rings. The van der Waals surface area contributed by atoms with E-state index in [1.165, 1.54) is 42.0 Å². The molecule has 4 N–H and O–H groups in total. The summed E-state index contributed by atoms with van der Waals surface area (Å²) in [6.45, 7) is 2.07. The van der Waals surface area contributed by atoms with Gasteiger partial charge in [0.2, 0.25) is 5.91 Å². The number of imidazole rings is 1. The summed E-state index contributed by atoms with van der Waals surface area (Å²) >= 11 is 6.48. The van der Waals surface area contributed by atoms with Crippen molar-refractivity contribution in [3.8, 4) is 23.1 Å². The Morgan fingerprint density at radius 1 is 1.33 bits per heavy atom. The van der Waals surface area contributed by atoms with E-state index in [4.69, 9.17) is 27.3 Å². The second kappa shape index (κ2) is 12.4. The number of nitrogens with two attached hydrogens (primary N) is 1. The summed E-state index contributed by atoms with van der Waals surface area (Å²) in [5, 5.41) is 17.7. The van der Waals surface area contributed by atoms with E-state index in [0.29, 0.717) is 19.5 Å². The molecule has 0 unspecified atom stereocenters. The summed E-state index contributed by atoms with van der Waals surface area (Å²) in [4.78, 5) is 47.1. The molecule has 4 aromatic rings. The van der Waals surface area contributed by atoms with E-state index in [2.05, 4.69) is 25.7 Å². The summed E-state index contributed by atoms with van der Waals surface area (Å²) in [5.41, 5.74) is 4.43. The van der Waals surface area contributed by atoms with Crippen molar-refractivity contribution >= 4 is 47.0 Å². The molecule has 0 bridgehead atoms. The fourth-order valence-electron chi connectivity index (χ4n) is 4.90. The van der Waals surface area contributed by atoms with E-state index < -0.39 is 30.4 Å². The third kappa shape index (κ3) is 6.23. The van der Waals surface area contributed by atoms with Crippen LogP contribution >= 0.6 is 11.6 Å². The molecule has 2 atom stereocenters. The van der Waals surface area contributed by atoms with Crippen LogP contribution in [0.1, 0.15) is 29.4 Å². The maximum absolute atomic E-state index is 13.8. The van der Waals surface area contributed by atoms with Gasteiger partial charge in [-0.15, -0.1) is 0 Å². The van der Waals surface area contributed by atoms with Crippen molar-refractivity contribution in [1.82, 2.24) is 34.4 Å². The van der Waals surface area contributed by atoms with Gasteiger partial charge in [0.05, 0.1) is 39.8 Å². The Hall–Kier alpha value is -5.21. The first-order valence-electron chi connectivity index (χ1n) is 13.3. The number of nitrogens with zero attached hydrogens (tertiary/aromatic N) is 7. The molecule has 5 rings (SSSR count). The van der Waals surface area contributed by atoms with Crippen LogP contribution in [0.25, 0.3) is 16.9 Å². The van der Waals surface area contributed by atoms with Crippen molar-refractivity contribution in [3.05, 3.63) is 53.2 Å². The lowest BCUT2D eigenvalue weighted by Gasteiger charge is -2.22. The van der Waals surface area contributed by atoms with Crippen molar-refractivity contribution < 1.29 is 32.3 Å². The number of amides is 2. The van der Waals surface area contributed by atoms with Crippen molar-refractivity contribution in [1.29, 1.82) is 5.26 Å². The monoisotopic (exact) mass is 644 g/mol. The van der Waals surface area contributed by atoms with Gasteiger partial charge in [-0.1, -0.05) is 11.6 Å². The molecule has 14 nitrogen and oxygen atoms in total. The predicted octanol–water partition coefficient (Wildman–Crippen LogP) is 2.75. The second-order valence-electron chi connectivity index (χ2n) is 10.0. The van der Waals surface area contributed by atoms with Gasteiger partial charge in [0, 0.05) is 37.7 Å². The van der Waals surface area contributed by atoms with Crippen LogP contribution in [0.4, 0.5) is 24.7 Å². The van der Waals surface area contributed by atoms with Crippen LogP contribution in [0.3, 0.4) is 0 Å². The van der Waals surface area contributed by atoms with Crippen molar-refractivity contribution in [2.75, 3.05) is 18.4 Å². The van der Waals surface area contributed by atoms with Crippen molar-refractivity contribution in [2.45, 2.75) is 38.1 Å². The number of hydrogen-bond donors (Lipinski definition) is 3. The van der Waals surface area contributed by atoms with Crippen LogP contribution in [-0.4, -0.2) is 72.5 Å². The third-order valence-corrected chi connectivity index (χ3v) is 7.36. The number of hydrogen-bond acceptors (Lipinski definition) is 10. The van der Waals surface area contributed by atoms with Gasteiger partial charge in [0.1, 0.15) is 12.6 Å². The number of alkyl halides is 3. The van der Waals surface area contributed by atoms with E-state index in [-0.39, 0.29) is 63.2 Å². The number of carbonyl (C=O) groups is 3. The molecule has 45 heavy (non-hydrogen) atoms. The summed E-state index contributed by atoms with van der Waals surface area (Å²) in [7, 11) is 0. The molecule has 1 aliphatic heterocycles. The maximum atomic E-state index is 13.8. The van der Waals surface area contributed by atoms with Gasteiger partial charge in [0.25, 0.3) is 12.4 Å². The Kier molecular flexibility index (Phi) is 8.62. The Morgan fingerprint density at radius 3 is 2.78 bits per heavy atom. The molecular formula is C27H24ClF3N10O4. The first kappa shape index (κ1) is 31.2. The number of carbonyl (C=O) groups excluding carboxylic acids is 3. The van der Waals surface area contributed by atoms with Crippen LogP contribution in [0.15, 0.2) is 36.9 Å². The SMILES string of the molecule is C[C@@H](NC(=O)c1ccc(Nc2nccn3c(-c4cn(CC#N)nc4C(F)(F)F)cnc23)c(OC=O)c1Cl)C(=O)N1CC[C@H](N)C1. The lowest BCUT2D eigenvalue weighted by Crippen LogP contribution is -2.46. The molecule has 1 aromatic carbocycles. The van der Waals surface area contributed by atoms with Crippen LogP contribution in [-0.2, 0) is 22.3 Å². The van der Waals surface area contributed by atoms with E-state index >= 15 is 0 Å². The van der Waals surface area contributed by atoms with E-state index in [9.17, 15) is 27.6 Å². The number of benzene rings is 1. The number of rotatable bonds is 9. The number of ether oxygens (including phenoxy) is 1. The molecule has 1 saturated heterocycles. The van der Waals surface area contributed by atoms with Gasteiger partial charge < -0.3 is 26.0 Å². The first-order chi connectivity index (χ1) is 21.4. The molecular weight excluding hydrogens is 621 g/mol. The quantitative estimate of drug-likeness (QED) is 0.229. The molecule has 234 valence electrons. The standard InChI is InChI=1S/C27H24ClF3N10O4/c1-14(26(44)39-7-4-15(33)11-39)36-25(43)16-2-3-18(21(20(16)28)45-13-42)37-23-24-35-10-19(41(24)9-6-34-23)17-12-40(8-5-32)38-22(17)27(29,30)31/h2-3,6,9-10,12-15H,4,7-8,11,33H2,1H3,(H,34,37)(H,36,43)/t14-,15+/m1/s1. The number of nitrogens with one attached hydrogen (secondary N) is 2. The minimum atomic E-state index is -4.81. The highest BCUT2D eigenvalue weighted by Gasteiger charge is 2.38. The summed E-state index contributed by atoms with van der Waals surface area (Å²) in [6.07, 6.45) is 0.801. The Balaban J connectivity index is 1.44. The minimum absolute atomic E-state index is 0.0148. The van der Waals surface area contributed by atoms with E-state index in [1.54, 1.807) is 11.0 Å². The highest BCUT2D eigenvalue weighted by Crippen LogP contribution is 2.39. The lowest BCUT2D eigenvalue weighted by atomic mass is 10.1. The maximum Gasteiger partial charge on any atom is 0.435 e. The fraction of sp³-hybridized carbons (Fsp3) is 0.296. The lowest BCUT2D eigenvalue weighted by molar-refractivity contribution is -0.141. The van der Waals surface area contributed by atoms with Crippen LogP contribution in [0.2, 0.25) is 5.02 Å². The highest BCUT2D eigenvalue weighted by atomic mass is 35.5. The molecule has 0 saturated carbocycles. The molecule has 18 heteroatoms. The van der Waals surface area contributed by atoms with Crippen LogP contribution < -0.4 is 21.1 Å². The Labute approximate surface area is 257 Å². The number of fused-ring (bicyclic) bond motifs is 1. The molecule has 3 aromatic heterocycles. The zero-order chi connectivity index (χ0) is 32.5. The average Bonchev–Trinajstić information content (AvgIpc) is 3.73. The van der Waals surface area contributed by atoms with Gasteiger partial charge in [-0.2, -0.15) is 23.5 Å². The second-order valence-corrected chi connectivity index (χ2v) is 10.4. The van der Waals surface area contributed by atoms with Gasteiger partial charge in [-0.3, -0.25) is 23.5 Å². The fourth-order valence-corrected chi connectivity index (χ4v) is 5.19. The molecule has 0 aliphatic carbocycles. The zero-order valence-electron chi connectivity index (χ0n) is 23.4. The zero-order valence-corrected chi connectivity index (χ0v) is 24.1. The van der Waals surface area contributed by atoms with Gasteiger partial charge in [-0.05, 0) is 25.5 Å². The number of likely N-dealkylation sites (tertiary alicyclic amines) is 1. The summed E-state index contributed by atoms with van der Waals surface area (Å²) in [5.74, 6) is -1.24. The number of nitriles is 1.